The zero-order valence-corrected chi connectivity index (χ0v) is 15.3. The Kier molecular flexibility index (Phi) is 5.90. The zero-order valence-electron chi connectivity index (χ0n) is 15.3. The Morgan fingerprint density at radius 1 is 1.22 bits per heavy atom. The number of nitro benzene ring substituents is 1. The highest BCUT2D eigenvalue weighted by molar-refractivity contribution is 5.96. The molecule has 0 bridgehead atoms. The van der Waals surface area contributed by atoms with E-state index in [9.17, 15) is 19.7 Å². The fourth-order valence-electron chi connectivity index (χ4n) is 3.67. The lowest BCUT2D eigenvalue weighted by atomic mass is 9.98. The molecule has 1 aromatic carbocycles. The Hall–Kier alpha value is -2.68. The summed E-state index contributed by atoms with van der Waals surface area (Å²) in [6.07, 6.45) is 2.42. The molecule has 2 fully saturated rings. The van der Waals surface area contributed by atoms with Crippen LogP contribution in [0.3, 0.4) is 0 Å². The average Bonchev–Trinajstić information content (AvgIpc) is 2.72. The molecule has 2 saturated heterocycles. The van der Waals surface area contributed by atoms with Gasteiger partial charge in [0.15, 0.2) is 0 Å². The third-order valence-corrected chi connectivity index (χ3v) is 5.08. The summed E-state index contributed by atoms with van der Waals surface area (Å²) in [4.78, 5) is 39.6. The molecule has 2 amide bonds. The van der Waals surface area contributed by atoms with Crippen molar-refractivity contribution in [2.45, 2.75) is 25.3 Å². The van der Waals surface area contributed by atoms with Gasteiger partial charge in [-0.2, -0.15) is 0 Å². The van der Waals surface area contributed by atoms with Gasteiger partial charge in [0.2, 0.25) is 5.91 Å². The first-order valence-corrected chi connectivity index (χ1v) is 9.16. The number of nitro groups is 1. The van der Waals surface area contributed by atoms with E-state index in [1.54, 1.807) is 17.0 Å². The molecule has 0 unspecified atom stereocenters. The molecule has 2 aliphatic rings. The quantitative estimate of drug-likeness (QED) is 0.625. The van der Waals surface area contributed by atoms with Gasteiger partial charge < -0.3 is 19.9 Å². The van der Waals surface area contributed by atoms with Crippen LogP contribution in [0.2, 0.25) is 0 Å². The topological polar surface area (TPSA) is 105 Å². The summed E-state index contributed by atoms with van der Waals surface area (Å²) in [5, 5.41) is 14.1. The number of benzene rings is 1. The van der Waals surface area contributed by atoms with Crippen LogP contribution in [0.4, 0.5) is 11.4 Å². The number of nitrogens with one attached hydrogen (secondary N) is 1. The zero-order chi connectivity index (χ0) is 19.4. The average molecular weight is 376 g/mol. The number of ether oxygens (including phenoxy) is 1. The van der Waals surface area contributed by atoms with E-state index in [1.807, 2.05) is 4.90 Å². The van der Waals surface area contributed by atoms with Crippen molar-refractivity contribution in [2.75, 3.05) is 44.8 Å². The molecule has 146 valence electrons. The number of rotatable bonds is 4. The Balaban J connectivity index is 1.92. The van der Waals surface area contributed by atoms with Crippen molar-refractivity contribution in [1.29, 1.82) is 0 Å². The molecule has 9 nitrogen and oxygen atoms in total. The van der Waals surface area contributed by atoms with Crippen LogP contribution in [0.25, 0.3) is 0 Å². The molecule has 0 saturated carbocycles. The van der Waals surface area contributed by atoms with Crippen molar-refractivity contribution in [3.63, 3.8) is 0 Å². The molecule has 2 heterocycles. The molecule has 0 radical (unpaired) electrons. The summed E-state index contributed by atoms with van der Waals surface area (Å²) in [5.74, 6) is -0.396. The van der Waals surface area contributed by atoms with E-state index in [-0.39, 0.29) is 23.1 Å². The second-order valence-electron chi connectivity index (χ2n) is 6.68. The summed E-state index contributed by atoms with van der Waals surface area (Å²) in [7, 11) is 1.48. The Morgan fingerprint density at radius 2 is 1.96 bits per heavy atom. The van der Waals surface area contributed by atoms with Crippen molar-refractivity contribution in [3.05, 3.63) is 33.9 Å². The minimum absolute atomic E-state index is 0.0114. The first kappa shape index (κ1) is 19.1. The summed E-state index contributed by atoms with van der Waals surface area (Å²) in [6, 6.07) is 3.99. The number of hydrogen-bond donors (Lipinski definition) is 1. The third kappa shape index (κ3) is 4.02. The number of nitrogens with zero attached hydrogens (tertiary/aromatic N) is 3. The molecule has 27 heavy (non-hydrogen) atoms. The van der Waals surface area contributed by atoms with Gasteiger partial charge in [-0.3, -0.25) is 19.7 Å². The number of amides is 2. The van der Waals surface area contributed by atoms with Crippen LogP contribution in [0, 0.1) is 10.1 Å². The molecule has 1 aromatic rings. The monoisotopic (exact) mass is 376 g/mol. The lowest BCUT2D eigenvalue weighted by Crippen LogP contribution is -2.53. The van der Waals surface area contributed by atoms with Gasteiger partial charge in [0.05, 0.1) is 18.1 Å². The highest BCUT2D eigenvalue weighted by Crippen LogP contribution is 2.34. The maximum absolute atomic E-state index is 13.0. The van der Waals surface area contributed by atoms with Crippen LogP contribution >= 0.6 is 0 Å². The molecule has 0 spiro atoms. The fourth-order valence-corrected chi connectivity index (χ4v) is 3.67. The Bertz CT molecular complexity index is 732. The summed E-state index contributed by atoms with van der Waals surface area (Å²) < 4.78 is 5.31. The maximum Gasteiger partial charge on any atom is 0.293 e. The number of carbonyl (C=O) groups excluding carboxylic acids is 2. The molecule has 9 heteroatoms. The van der Waals surface area contributed by atoms with Crippen LogP contribution in [-0.4, -0.2) is 67.6 Å². The fraction of sp³-hybridized carbons (Fsp3) is 0.556. The van der Waals surface area contributed by atoms with Gasteiger partial charge in [0.25, 0.3) is 11.6 Å². The molecular weight excluding hydrogens is 352 g/mol. The summed E-state index contributed by atoms with van der Waals surface area (Å²) in [6.45, 7) is 2.68. The van der Waals surface area contributed by atoms with E-state index in [4.69, 9.17) is 4.74 Å². The van der Waals surface area contributed by atoms with E-state index in [2.05, 4.69) is 5.32 Å². The van der Waals surface area contributed by atoms with Crippen LogP contribution in [0.1, 0.15) is 29.6 Å². The van der Waals surface area contributed by atoms with Gasteiger partial charge in [-0.1, -0.05) is 0 Å². The molecular formula is C18H24N4O5. The smallest absolute Gasteiger partial charge is 0.293 e. The van der Waals surface area contributed by atoms with Crippen molar-refractivity contribution < 1.29 is 19.2 Å². The number of anilines is 1. The molecule has 1 atom stereocenters. The maximum atomic E-state index is 13.0. The van der Waals surface area contributed by atoms with E-state index in [1.165, 1.54) is 13.1 Å². The first-order chi connectivity index (χ1) is 13.0. The number of carbonyl (C=O) groups is 2. The minimum atomic E-state index is -0.493. The van der Waals surface area contributed by atoms with Crippen LogP contribution in [-0.2, 0) is 9.53 Å². The predicted octanol–water partition coefficient (Wildman–Crippen LogP) is 1.17. The van der Waals surface area contributed by atoms with Gasteiger partial charge in [0, 0.05) is 38.3 Å². The van der Waals surface area contributed by atoms with Gasteiger partial charge in [-0.05, 0) is 31.4 Å². The summed E-state index contributed by atoms with van der Waals surface area (Å²) in [5.41, 5.74) is 0.456. The summed E-state index contributed by atoms with van der Waals surface area (Å²) >= 11 is 0. The predicted molar refractivity (Wildman–Crippen MR) is 98.9 cm³/mol. The first-order valence-electron chi connectivity index (χ1n) is 9.16. The Morgan fingerprint density at radius 3 is 2.63 bits per heavy atom. The van der Waals surface area contributed by atoms with Gasteiger partial charge in [-0.15, -0.1) is 0 Å². The van der Waals surface area contributed by atoms with Crippen molar-refractivity contribution in [2.24, 2.45) is 0 Å². The molecule has 2 aliphatic heterocycles. The normalized spacial score (nSPS) is 20.3. The van der Waals surface area contributed by atoms with Crippen molar-refractivity contribution in [1.82, 2.24) is 10.2 Å². The van der Waals surface area contributed by atoms with Crippen molar-refractivity contribution >= 4 is 23.2 Å². The number of hydrogen-bond acceptors (Lipinski definition) is 6. The van der Waals surface area contributed by atoms with E-state index >= 15 is 0 Å². The molecule has 1 N–H and O–H groups in total. The van der Waals surface area contributed by atoms with Gasteiger partial charge >= 0.3 is 0 Å². The SMILES string of the molecule is CNC(=O)c1ccc(N2CCCC[C@@H]2C(=O)N2CCOCC2)c([N+](=O)[O-])c1. The van der Waals surface area contributed by atoms with E-state index in [0.29, 0.717) is 45.0 Å². The largest absolute Gasteiger partial charge is 0.378 e. The van der Waals surface area contributed by atoms with Crippen molar-refractivity contribution in [3.8, 4) is 0 Å². The van der Waals surface area contributed by atoms with Crippen LogP contribution in [0.5, 0.6) is 0 Å². The lowest BCUT2D eigenvalue weighted by Gasteiger charge is -2.39. The standard InChI is InChI=1S/C18H24N4O5/c1-19-17(23)13-5-6-14(16(12-13)22(25)26)21-7-3-2-4-15(21)18(24)20-8-10-27-11-9-20/h5-6,12,15H,2-4,7-11H2,1H3,(H,19,23)/t15-/m1/s1. The number of morpholine rings is 1. The second kappa shape index (κ2) is 8.34. The lowest BCUT2D eigenvalue weighted by molar-refractivity contribution is -0.384. The second-order valence-corrected chi connectivity index (χ2v) is 6.68. The number of piperidine rings is 1. The highest BCUT2D eigenvalue weighted by Gasteiger charge is 2.35. The minimum Gasteiger partial charge on any atom is -0.378 e. The van der Waals surface area contributed by atoms with E-state index < -0.39 is 11.0 Å². The molecule has 3 rings (SSSR count). The molecule has 0 aromatic heterocycles. The molecule has 0 aliphatic carbocycles. The highest BCUT2D eigenvalue weighted by atomic mass is 16.6. The third-order valence-electron chi connectivity index (χ3n) is 5.08. The van der Waals surface area contributed by atoms with Crippen LogP contribution < -0.4 is 10.2 Å². The van der Waals surface area contributed by atoms with E-state index in [0.717, 1.165) is 12.8 Å². The Labute approximate surface area is 157 Å². The van der Waals surface area contributed by atoms with Crippen LogP contribution in [0.15, 0.2) is 18.2 Å². The van der Waals surface area contributed by atoms with Gasteiger partial charge in [-0.25, -0.2) is 0 Å². The van der Waals surface area contributed by atoms with Gasteiger partial charge in [0.1, 0.15) is 11.7 Å².